The lowest BCUT2D eigenvalue weighted by molar-refractivity contribution is 0.707. The molecule has 62 heavy (non-hydrogen) atoms. The van der Waals surface area contributed by atoms with E-state index in [1.165, 1.54) is 92.6 Å². The first-order valence-electron chi connectivity index (χ1n) is 21.3. The van der Waals surface area contributed by atoms with Crippen LogP contribution in [0.1, 0.15) is 22.3 Å². The number of fused-ring (bicyclic) bond motifs is 11. The van der Waals surface area contributed by atoms with Gasteiger partial charge in [-0.3, -0.25) is 0 Å². The van der Waals surface area contributed by atoms with Gasteiger partial charge in [-0.15, -0.1) is 0 Å². The van der Waals surface area contributed by atoms with Crippen LogP contribution in [0, 0.1) is 0 Å². The van der Waals surface area contributed by atoms with Crippen molar-refractivity contribution in [2.24, 2.45) is 0 Å². The SMILES string of the molecule is c1ccc(-c2ccccc2-n2c3ccccc3c3cc(N(c4ccccc4)c4ccc5c(c4)Sc4ccccc4C54c5ccccc5-c5cccc6cccc4c56)ccc32)cc1. The Morgan fingerprint density at radius 3 is 1.85 bits per heavy atom. The lowest BCUT2D eigenvalue weighted by Gasteiger charge is -2.46. The number of anilines is 3. The zero-order chi connectivity index (χ0) is 40.8. The second kappa shape index (κ2) is 13.7. The van der Waals surface area contributed by atoms with Crippen molar-refractivity contribution in [3.63, 3.8) is 0 Å². The van der Waals surface area contributed by atoms with Crippen molar-refractivity contribution >= 4 is 61.4 Å². The molecule has 0 amide bonds. The number of aromatic nitrogens is 1. The van der Waals surface area contributed by atoms with Gasteiger partial charge in [0.1, 0.15) is 0 Å². The quantitative estimate of drug-likeness (QED) is 0.171. The molecule has 1 unspecified atom stereocenters. The maximum Gasteiger partial charge on any atom is 0.0735 e. The van der Waals surface area contributed by atoms with E-state index >= 15 is 0 Å². The maximum atomic E-state index is 2.44. The Labute approximate surface area is 365 Å². The summed E-state index contributed by atoms with van der Waals surface area (Å²) < 4.78 is 2.44. The second-order valence-electron chi connectivity index (χ2n) is 16.4. The van der Waals surface area contributed by atoms with Crippen LogP contribution in [0.15, 0.2) is 240 Å². The molecule has 0 N–H and O–H groups in total. The highest BCUT2D eigenvalue weighted by atomic mass is 32.2. The van der Waals surface area contributed by atoms with Gasteiger partial charge in [0.15, 0.2) is 0 Å². The molecule has 1 spiro atoms. The zero-order valence-corrected chi connectivity index (χ0v) is 34.6. The minimum Gasteiger partial charge on any atom is -0.310 e. The van der Waals surface area contributed by atoms with Crippen LogP contribution in [-0.2, 0) is 5.41 Å². The average Bonchev–Trinajstić information content (AvgIpc) is 3.67. The van der Waals surface area contributed by atoms with Gasteiger partial charge >= 0.3 is 0 Å². The smallest absolute Gasteiger partial charge is 0.0735 e. The molecule has 2 heterocycles. The molecule has 0 radical (unpaired) electrons. The fourth-order valence-electron chi connectivity index (χ4n) is 10.7. The molecule has 0 saturated carbocycles. The van der Waals surface area contributed by atoms with Crippen molar-refractivity contribution in [3.05, 3.63) is 253 Å². The first-order valence-corrected chi connectivity index (χ1v) is 22.2. The van der Waals surface area contributed by atoms with E-state index in [0.29, 0.717) is 0 Å². The van der Waals surface area contributed by atoms with Crippen molar-refractivity contribution in [1.82, 2.24) is 4.57 Å². The van der Waals surface area contributed by atoms with Gasteiger partial charge in [0, 0.05) is 43.2 Å². The van der Waals surface area contributed by atoms with Crippen molar-refractivity contribution in [2.45, 2.75) is 15.2 Å². The molecule has 13 rings (SSSR count). The normalized spacial score (nSPS) is 14.8. The van der Waals surface area contributed by atoms with Gasteiger partial charge in [-0.2, -0.15) is 0 Å². The Hall–Kier alpha value is -7.59. The molecular weight excluding hydrogens is 769 g/mol. The third-order valence-corrected chi connectivity index (χ3v) is 14.4. The third-order valence-electron chi connectivity index (χ3n) is 13.2. The molecular formula is C59H38N2S. The summed E-state index contributed by atoms with van der Waals surface area (Å²) >= 11 is 1.89. The van der Waals surface area contributed by atoms with Crippen molar-refractivity contribution in [2.75, 3.05) is 4.90 Å². The van der Waals surface area contributed by atoms with E-state index in [4.69, 9.17) is 0 Å². The number of hydrogen-bond donors (Lipinski definition) is 0. The number of rotatable bonds is 5. The molecule has 290 valence electrons. The summed E-state index contributed by atoms with van der Waals surface area (Å²) in [5, 5.41) is 5.06. The standard InChI is InChI=1S/C59H38N2S/c1-3-17-39(18-4-1)44-23-8-12-30-53(44)61-54-31-13-9-25-46(54)48-37-42(34-36-55(48)61)60(41-21-5-2-6-22-41)43-33-35-51-57(38-43)62-56-32-14-11-28-50(56)59(51)49-27-10-7-24-45(49)47-26-15-19-40-20-16-29-52(59)58(40)47/h1-38H. The summed E-state index contributed by atoms with van der Waals surface area (Å²) in [5.41, 5.74) is 16.8. The predicted molar refractivity (Wildman–Crippen MR) is 260 cm³/mol. The van der Waals surface area contributed by atoms with Crippen LogP contribution in [-0.4, -0.2) is 4.57 Å². The molecule has 1 aromatic heterocycles. The van der Waals surface area contributed by atoms with Crippen molar-refractivity contribution < 1.29 is 0 Å². The van der Waals surface area contributed by atoms with Crippen LogP contribution >= 0.6 is 11.8 Å². The molecule has 1 aliphatic heterocycles. The molecule has 0 bridgehead atoms. The fourth-order valence-corrected chi connectivity index (χ4v) is 12.0. The first kappa shape index (κ1) is 35.2. The van der Waals surface area contributed by atoms with Gasteiger partial charge in [-0.05, 0) is 110 Å². The topological polar surface area (TPSA) is 8.17 Å². The lowest BCUT2D eigenvalue weighted by Crippen LogP contribution is -2.36. The average molecular weight is 807 g/mol. The Kier molecular flexibility index (Phi) is 7.79. The lowest BCUT2D eigenvalue weighted by atomic mass is 9.59. The van der Waals surface area contributed by atoms with Crippen LogP contribution in [0.2, 0.25) is 0 Å². The molecule has 1 atom stereocenters. The minimum absolute atomic E-state index is 0.492. The van der Waals surface area contributed by atoms with Gasteiger partial charge < -0.3 is 9.47 Å². The second-order valence-corrected chi connectivity index (χ2v) is 17.5. The Balaban J connectivity index is 1.04. The van der Waals surface area contributed by atoms with Gasteiger partial charge in [-0.25, -0.2) is 0 Å². The number of nitrogens with zero attached hydrogens (tertiary/aromatic N) is 2. The molecule has 3 heteroatoms. The maximum absolute atomic E-state index is 2.44. The van der Waals surface area contributed by atoms with E-state index < -0.39 is 5.41 Å². The van der Waals surface area contributed by atoms with Crippen LogP contribution in [0.4, 0.5) is 17.1 Å². The fraction of sp³-hybridized carbons (Fsp3) is 0.0169. The van der Waals surface area contributed by atoms with Crippen LogP contribution < -0.4 is 4.90 Å². The van der Waals surface area contributed by atoms with E-state index in [9.17, 15) is 0 Å². The summed E-state index contributed by atoms with van der Waals surface area (Å²) in [4.78, 5) is 4.99. The molecule has 0 saturated heterocycles. The first-order chi connectivity index (χ1) is 30.8. The Morgan fingerprint density at radius 2 is 0.984 bits per heavy atom. The van der Waals surface area contributed by atoms with Crippen LogP contribution in [0.25, 0.3) is 60.5 Å². The third kappa shape index (κ3) is 5.00. The highest BCUT2D eigenvalue weighted by Gasteiger charge is 2.48. The van der Waals surface area contributed by atoms with E-state index in [1.54, 1.807) is 0 Å². The summed E-state index contributed by atoms with van der Waals surface area (Å²) in [7, 11) is 0. The van der Waals surface area contributed by atoms with Crippen molar-refractivity contribution in [3.8, 4) is 27.9 Å². The number of para-hydroxylation sites is 3. The van der Waals surface area contributed by atoms with E-state index in [1.807, 2.05) is 11.8 Å². The van der Waals surface area contributed by atoms with E-state index in [-0.39, 0.29) is 0 Å². The molecule has 10 aromatic carbocycles. The van der Waals surface area contributed by atoms with Crippen LogP contribution in [0.5, 0.6) is 0 Å². The van der Waals surface area contributed by atoms with E-state index in [0.717, 1.165) is 17.1 Å². The largest absolute Gasteiger partial charge is 0.310 e. The molecule has 1 aliphatic carbocycles. The van der Waals surface area contributed by atoms with Crippen LogP contribution in [0.3, 0.4) is 0 Å². The zero-order valence-electron chi connectivity index (χ0n) is 33.7. The highest BCUT2D eigenvalue weighted by molar-refractivity contribution is 7.99. The van der Waals surface area contributed by atoms with Gasteiger partial charge in [-0.1, -0.05) is 182 Å². The molecule has 0 fully saturated rings. The molecule has 11 aromatic rings. The monoisotopic (exact) mass is 806 g/mol. The Morgan fingerprint density at radius 1 is 0.371 bits per heavy atom. The number of benzene rings is 10. The van der Waals surface area contributed by atoms with Gasteiger partial charge in [0.2, 0.25) is 0 Å². The minimum atomic E-state index is -0.492. The summed E-state index contributed by atoms with van der Waals surface area (Å²) in [6.07, 6.45) is 0. The molecule has 2 aliphatic rings. The predicted octanol–water partition coefficient (Wildman–Crippen LogP) is 15.9. The Bertz CT molecular complexity index is 3560. The molecule has 2 nitrogen and oxygen atoms in total. The van der Waals surface area contributed by atoms with Gasteiger partial charge in [0.05, 0.1) is 22.1 Å². The highest BCUT2D eigenvalue weighted by Crippen LogP contribution is 2.61. The van der Waals surface area contributed by atoms with Gasteiger partial charge in [0.25, 0.3) is 0 Å². The summed E-state index contributed by atoms with van der Waals surface area (Å²) in [6.45, 7) is 0. The summed E-state index contributed by atoms with van der Waals surface area (Å²) in [6, 6.07) is 85.3. The number of hydrogen-bond acceptors (Lipinski definition) is 2. The summed E-state index contributed by atoms with van der Waals surface area (Å²) in [5.74, 6) is 0. The van der Waals surface area contributed by atoms with E-state index in [2.05, 4.69) is 240 Å². The van der Waals surface area contributed by atoms with Crippen molar-refractivity contribution in [1.29, 1.82) is 0 Å².